The molecule has 27 heavy (non-hydrogen) atoms. The van der Waals surface area contributed by atoms with E-state index >= 15 is 0 Å². The number of esters is 2. The Balaban J connectivity index is 0.000000271. The molecule has 0 aliphatic carbocycles. The second-order valence-electron chi connectivity index (χ2n) is 5.06. The van der Waals surface area contributed by atoms with Crippen molar-refractivity contribution >= 4 is 59.7 Å². The maximum absolute atomic E-state index is 12.9. The molecular formula is C18H15Br3F2O4. The summed E-state index contributed by atoms with van der Waals surface area (Å²) in [4.78, 5) is 21.4. The summed E-state index contributed by atoms with van der Waals surface area (Å²) in [5.74, 6) is -1.45. The molecule has 0 amide bonds. The van der Waals surface area contributed by atoms with Gasteiger partial charge in [-0.3, -0.25) is 9.59 Å². The number of hydrogen-bond acceptors (Lipinski definition) is 4. The molecule has 2 aromatic carbocycles. The maximum atomic E-state index is 12.9. The fraction of sp³-hybridized carbons (Fsp3) is 0.222. The Morgan fingerprint density at radius 3 is 2.00 bits per heavy atom. The average molecular weight is 573 g/mol. The van der Waals surface area contributed by atoms with Crippen molar-refractivity contribution in [3.63, 3.8) is 0 Å². The predicted molar refractivity (Wildman–Crippen MR) is 108 cm³/mol. The number of carbonyl (C=O) groups excluding carboxylic acids is 2. The minimum atomic E-state index is -0.565. The molecule has 146 valence electrons. The van der Waals surface area contributed by atoms with Gasteiger partial charge in [-0.25, -0.2) is 8.78 Å². The minimum absolute atomic E-state index is 0.162. The van der Waals surface area contributed by atoms with E-state index in [1.165, 1.54) is 38.5 Å². The van der Waals surface area contributed by atoms with Crippen molar-refractivity contribution in [3.8, 4) is 0 Å². The van der Waals surface area contributed by atoms with E-state index < -0.39 is 10.8 Å². The molecule has 0 radical (unpaired) electrons. The molecule has 0 bridgehead atoms. The van der Waals surface area contributed by atoms with Gasteiger partial charge in [0.2, 0.25) is 0 Å². The highest BCUT2D eigenvalue weighted by Gasteiger charge is 2.18. The third-order valence-electron chi connectivity index (χ3n) is 3.20. The van der Waals surface area contributed by atoms with Crippen molar-refractivity contribution in [2.24, 2.45) is 0 Å². The normalized spacial score (nSPS) is 11.1. The first kappa shape index (κ1) is 23.7. The van der Waals surface area contributed by atoms with Crippen LogP contribution in [0, 0.1) is 11.6 Å². The minimum Gasteiger partial charge on any atom is -0.469 e. The van der Waals surface area contributed by atoms with Crippen LogP contribution in [0.2, 0.25) is 0 Å². The number of carbonyl (C=O) groups is 2. The van der Waals surface area contributed by atoms with E-state index in [1.807, 2.05) is 0 Å². The molecule has 0 N–H and O–H groups in total. The first-order valence-corrected chi connectivity index (χ1v) is 9.87. The molecule has 4 nitrogen and oxygen atoms in total. The molecule has 2 rings (SSSR count). The van der Waals surface area contributed by atoms with Gasteiger partial charge in [0, 0.05) is 0 Å². The molecule has 0 spiro atoms. The van der Waals surface area contributed by atoms with Crippen molar-refractivity contribution in [1.29, 1.82) is 0 Å². The number of hydrogen-bond donors (Lipinski definition) is 0. The van der Waals surface area contributed by atoms with Crippen LogP contribution < -0.4 is 0 Å². The van der Waals surface area contributed by atoms with E-state index in [0.717, 1.165) is 5.56 Å². The number of ether oxygens (including phenoxy) is 2. The second-order valence-corrected chi connectivity index (χ2v) is 7.68. The lowest BCUT2D eigenvalue weighted by Gasteiger charge is -2.08. The van der Waals surface area contributed by atoms with E-state index in [1.54, 1.807) is 12.1 Å². The van der Waals surface area contributed by atoms with Gasteiger partial charge in [0.1, 0.15) is 16.5 Å². The van der Waals surface area contributed by atoms with Gasteiger partial charge in [-0.15, -0.1) is 0 Å². The monoisotopic (exact) mass is 570 g/mol. The third kappa shape index (κ3) is 7.67. The van der Waals surface area contributed by atoms with E-state index in [4.69, 9.17) is 0 Å². The van der Waals surface area contributed by atoms with E-state index in [9.17, 15) is 18.4 Å². The Morgan fingerprint density at radius 2 is 1.52 bits per heavy atom. The quantitative estimate of drug-likeness (QED) is 0.359. The van der Waals surface area contributed by atoms with Crippen LogP contribution in [0.3, 0.4) is 0 Å². The lowest BCUT2D eigenvalue weighted by Crippen LogP contribution is -2.08. The average Bonchev–Trinajstić information content (AvgIpc) is 2.66. The van der Waals surface area contributed by atoms with Gasteiger partial charge < -0.3 is 9.47 Å². The van der Waals surface area contributed by atoms with Crippen molar-refractivity contribution in [1.82, 2.24) is 0 Å². The summed E-state index contributed by atoms with van der Waals surface area (Å²) >= 11 is 9.22. The van der Waals surface area contributed by atoms with Gasteiger partial charge in [0.25, 0.3) is 0 Å². The highest BCUT2D eigenvalue weighted by atomic mass is 79.9. The summed E-state index contributed by atoms with van der Waals surface area (Å²) in [6.45, 7) is 0. The van der Waals surface area contributed by atoms with Gasteiger partial charge in [-0.1, -0.05) is 28.1 Å². The number of alkyl halides is 1. The molecule has 1 unspecified atom stereocenters. The summed E-state index contributed by atoms with van der Waals surface area (Å²) in [6.07, 6.45) is 0.162. The van der Waals surface area contributed by atoms with Gasteiger partial charge in [0.05, 0.1) is 29.6 Å². The smallest absolute Gasteiger partial charge is 0.323 e. The second kappa shape index (κ2) is 11.5. The zero-order chi connectivity index (χ0) is 20.6. The van der Waals surface area contributed by atoms with Crippen molar-refractivity contribution in [2.45, 2.75) is 11.2 Å². The summed E-state index contributed by atoms with van der Waals surface area (Å²) in [5, 5.41) is 0. The van der Waals surface area contributed by atoms with Crippen LogP contribution >= 0.6 is 47.8 Å². The fourth-order valence-electron chi connectivity index (χ4n) is 1.80. The molecular weight excluding hydrogens is 558 g/mol. The Hall–Kier alpha value is -1.32. The summed E-state index contributed by atoms with van der Waals surface area (Å²) in [7, 11) is 2.62. The van der Waals surface area contributed by atoms with Gasteiger partial charge in [-0.05, 0) is 67.3 Å². The topological polar surface area (TPSA) is 52.6 Å². The maximum Gasteiger partial charge on any atom is 0.323 e. The van der Waals surface area contributed by atoms with Gasteiger partial charge in [-0.2, -0.15) is 0 Å². The van der Waals surface area contributed by atoms with Crippen LogP contribution in [0.4, 0.5) is 8.78 Å². The zero-order valence-corrected chi connectivity index (χ0v) is 19.0. The molecule has 9 heteroatoms. The molecule has 0 saturated carbocycles. The van der Waals surface area contributed by atoms with E-state index in [0.29, 0.717) is 14.5 Å². The Bertz CT molecular complexity index is 815. The Morgan fingerprint density at radius 1 is 0.963 bits per heavy atom. The molecule has 0 aliphatic heterocycles. The highest BCUT2D eigenvalue weighted by molar-refractivity contribution is 9.11. The van der Waals surface area contributed by atoms with Crippen molar-refractivity contribution in [3.05, 3.63) is 68.1 Å². The van der Waals surface area contributed by atoms with Crippen molar-refractivity contribution in [2.75, 3.05) is 14.2 Å². The number of methoxy groups -OCH3 is 2. The predicted octanol–water partition coefficient (Wildman–Crippen LogP) is 5.50. The molecule has 0 heterocycles. The Labute approximate surface area is 180 Å². The summed E-state index contributed by atoms with van der Waals surface area (Å²) in [6, 6.07) is 8.77. The third-order valence-corrected chi connectivity index (χ3v) is 5.32. The Kier molecular flexibility index (Phi) is 10.1. The lowest BCUT2D eigenvalue weighted by atomic mass is 10.1. The number of rotatable bonds is 4. The lowest BCUT2D eigenvalue weighted by molar-refractivity contribution is -0.140. The number of halogens is 5. The molecule has 0 aliphatic rings. The largest absolute Gasteiger partial charge is 0.469 e. The summed E-state index contributed by atoms with van der Waals surface area (Å²) in [5.41, 5.74) is 1.37. The van der Waals surface area contributed by atoms with Crippen LogP contribution in [0.15, 0.2) is 45.3 Å². The van der Waals surface area contributed by atoms with Gasteiger partial charge >= 0.3 is 11.9 Å². The first-order valence-electron chi connectivity index (χ1n) is 7.37. The van der Waals surface area contributed by atoms with Gasteiger partial charge in [0.15, 0.2) is 0 Å². The fourth-order valence-corrected chi connectivity index (χ4v) is 3.09. The summed E-state index contributed by atoms with van der Waals surface area (Å²) < 4.78 is 35.3. The first-order chi connectivity index (χ1) is 12.7. The molecule has 0 fully saturated rings. The molecule has 1 atom stereocenters. The zero-order valence-electron chi connectivity index (χ0n) is 14.3. The standard InChI is InChI=1S/C9H7Br2FO2.C9H8BrFO2/c1-14-9(13)8(11)5-2-3-7(12)6(10)4-5;1-13-9(12)5-6-2-3-8(11)7(10)4-6/h2-4,8H,1H3;2-4H,5H2,1H3. The van der Waals surface area contributed by atoms with E-state index in [-0.39, 0.29) is 24.0 Å². The molecule has 2 aromatic rings. The SMILES string of the molecule is COC(=O)C(Br)c1ccc(F)c(Br)c1.COC(=O)Cc1ccc(F)c(Br)c1. The van der Waals surface area contributed by atoms with Crippen LogP contribution in [-0.4, -0.2) is 26.2 Å². The van der Waals surface area contributed by atoms with Crippen LogP contribution in [-0.2, 0) is 25.5 Å². The van der Waals surface area contributed by atoms with Crippen molar-refractivity contribution < 1.29 is 27.8 Å². The van der Waals surface area contributed by atoms with Crippen LogP contribution in [0.5, 0.6) is 0 Å². The highest BCUT2D eigenvalue weighted by Crippen LogP contribution is 2.27. The van der Waals surface area contributed by atoms with E-state index in [2.05, 4.69) is 57.3 Å². The van der Waals surface area contributed by atoms with Crippen LogP contribution in [0.25, 0.3) is 0 Å². The molecule has 0 saturated heterocycles. The van der Waals surface area contributed by atoms with Crippen LogP contribution in [0.1, 0.15) is 16.0 Å². The number of benzene rings is 2. The molecule has 0 aromatic heterocycles.